The molecule has 0 aliphatic rings. The number of carbonyl (C=O) groups is 1. The van der Waals surface area contributed by atoms with Crippen LogP contribution in [-0.2, 0) is 11.2 Å². The Morgan fingerprint density at radius 3 is 2.59 bits per heavy atom. The average Bonchev–Trinajstić information content (AvgIpc) is 2.96. The van der Waals surface area contributed by atoms with Crippen LogP contribution in [0.2, 0.25) is 0 Å². The molecule has 6 heteroatoms. The van der Waals surface area contributed by atoms with E-state index in [0.717, 1.165) is 24.1 Å². The SMILES string of the molecule is CCCC(N)C(=O)Nc1nc(-c2ccc(CC)cc2)cs1.Cl. The van der Waals surface area contributed by atoms with Gasteiger partial charge in [0.15, 0.2) is 5.13 Å². The first-order chi connectivity index (χ1) is 10.1. The lowest BCUT2D eigenvalue weighted by molar-refractivity contribution is -0.117. The molecule has 2 rings (SSSR count). The maximum absolute atomic E-state index is 11.9. The first kappa shape index (κ1) is 18.6. The summed E-state index contributed by atoms with van der Waals surface area (Å²) in [6, 6.07) is 7.85. The number of benzene rings is 1. The summed E-state index contributed by atoms with van der Waals surface area (Å²) in [5.74, 6) is -0.168. The molecule has 0 aliphatic heterocycles. The molecule has 0 saturated heterocycles. The van der Waals surface area contributed by atoms with Crippen molar-refractivity contribution in [1.29, 1.82) is 0 Å². The fraction of sp³-hybridized carbons (Fsp3) is 0.375. The van der Waals surface area contributed by atoms with Gasteiger partial charge in [-0.3, -0.25) is 4.79 Å². The van der Waals surface area contributed by atoms with Gasteiger partial charge in [-0.2, -0.15) is 0 Å². The van der Waals surface area contributed by atoms with Crippen LogP contribution in [0.3, 0.4) is 0 Å². The number of hydrogen-bond acceptors (Lipinski definition) is 4. The van der Waals surface area contributed by atoms with Crippen LogP contribution in [0, 0.1) is 0 Å². The molecule has 0 spiro atoms. The van der Waals surface area contributed by atoms with E-state index in [4.69, 9.17) is 5.73 Å². The molecule has 1 amide bonds. The van der Waals surface area contributed by atoms with Gasteiger partial charge in [0.25, 0.3) is 0 Å². The van der Waals surface area contributed by atoms with Gasteiger partial charge in [0.05, 0.1) is 11.7 Å². The maximum Gasteiger partial charge on any atom is 0.243 e. The number of nitrogens with zero attached hydrogens (tertiary/aromatic N) is 1. The van der Waals surface area contributed by atoms with E-state index >= 15 is 0 Å². The van der Waals surface area contributed by atoms with Gasteiger partial charge in [-0.15, -0.1) is 23.7 Å². The van der Waals surface area contributed by atoms with Crippen molar-refractivity contribution in [3.8, 4) is 11.3 Å². The van der Waals surface area contributed by atoms with Gasteiger partial charge in [-0.05, 0) is 18.4 Å². The summed E-state index contributed by atoms with van der Waals surface area (Å²) in [7, 11) is 0. The Balaban J connectivity index is 0.00000242. The summed E-state index contributed by atoms with van der Waals surface area (Å²) in [6.45, 7) is 4.14. The molecule has 0 fully saturated rings. The Bertz CT molecular complexity index is 598. The van der Waals surface area contributed by atoms with Crippen molar-refractivity contribution < 1.29 is 4.79 Å². The van der Waals surface area contributed by atoms with Crippen molar-refractivity contribution in [3.05, 3.63) is 35.2 Å². The van der Waals surface area contributed by atoms with Crippen LogP contribution in [-0.4, -0.2) is 16.9 Å². The third-order valence-corrected chi connectivity index (χ3v) is 4.09. The van der Waals surface area contributed by atoms with E-state index in [2.05, 4.69) is 41.5 Å². The van der Waals surface area contributed by atoms with Gasteiger partial charge < -0.3 is 11.1 Å². The lowest BCUT2D eigenvalue weighted by atomic mass is 10.1. The molecule has 120 valence electrons. The Morgan fingerprint density at radius 1 is 1.32 bits per heavy atom. The number of hydrogen-bond donors (Lipinski definition) is 2. The normalized spacial score (nSPS) is 11.6. The molecule has 0 aliphatic carbocycles. The molecule has 0 radical (unpaired) electrons. The Morgan fingerprint density at radius 2 is 2.00 bits per heavy atom. The minimum Gasteiger partial charge on any atom is -0.320 e. The average molecular weight is 340 g/mol. The predicted molar refractivity (Wildman–Crippen MR) is 95.7 cm³/mol. The summed E-state index contributed by atoms with van der Waals surface area (Å²) < 4.78 is 0. The highest BCUT2D eigenvalue weighted by Gasteiger charge is 2.14. The number of nitrogens with two attached hydrogens (primary N) is 1. The molecule has 0 bridgehead atoms. The van der Waals surface area contributed by atoms with Gasteiger partial charge in [0.2, 0.25) is 5.91 Å². The van der Waals surface area contributed by atoms with Crippen LogP contribution < -0.4 is 11.1 Å². The van der Waals surface area contributed by atoms with Crippen molar-refractivity contribution >= 4 is 34.8 Å². The smallest absolute Gasteiger partial charge is 0.243 e. The highest BCUT2D eigenvalue weighted by atomic mass is 35.5. The van der Waals surface area contributed by atoms with Crippen LogP contribution in [0.15, 0.2) is 29.6 Å². The molecule has 1 aromatic heterocycles. The Hall–Kier alpha value is -1.43. The molecule has 3 N–H and O–H groups in total. The number of rotatable bonds is 6. The number of halogens is 1. The summed E-state index contributed by atoms with van der Waals surface area (Å²) in [4.78, 5) is 16.3. The molecule has 4 nitrogen and oxygen atoms in total. The first-order valence-corrected chi connectivity index (χ1v) is 8.13. The van der Waals surface area contributed by atoms with Crippen molar-refractivity contribution in [1.82, 2.24) is 4.98 Å². The number of carbonyl (C=O) groups excluding carboxylic acids is 1. The van der Waals surface area contributed by atoms with E-state index in [1.165, 1.54) is 16.9 Å². The van der Waals surface area contributed by atoms with Crippen LogP contribution in [0.1, 0.15) is 32.3 Å². The van der Waals surface area contributed by atoms with E-state index in [0.29, 0.717) is 11.6 Å². The summed E-state index contributed by atoms with van der Waals surface area (Å²) in [6.07, 6.45) is 2.60. The van der Waals surface area contributed by atoms with E-state index < -0.39 is 6.04 Å². The molecule has 1 unspecified atom stereocenters. The number of amides is 1. The highest BCUT2D eigenvalue weighted by molar-refractivity contribution is 7.14. The van der Waals surface area contributed by atoms with Crippen LogP contribution in [0.25, 0.3) is 11.3 Å². The lowest BCUT2D eigenvalue weighted by Crippen LogP contribution is -2.35. The molecule has 1 aromatic carbocycles. The second-order valence-corrected chi connectivity index (χ2v) is 5.83. The van der Waals surface area contributed by atoms with E-state index in [1.54, 1.807) is 0 Å². The number of nitrogens with one attached hydrogen (secondary N) is 1. The van der Waals surface area contributed by atoms with Crippen LogP contribution >= 0.6 is 23.7 Å². The first-order valence-electron chi connectivity index (χ1n) is 7.25. The third-order valence-electron chi connectivity index (χ3n) is 3.33. The minimum atomic E-state index is -0.466. The largest absolute Gasteiger partial charge is 0.320 e. The second-order valence-electron chi connectivity index (χ2n) is 4.97. The topological polar surface area (TPSA) is 68.0 Å². The Labute approximate surface area is 141 Å². The van der Waals surface area contributed by atoms with Gasteiger partial charge in [0.1, 0.15) is 0 Å². The monoisotopic (exact) mass is 339 g/mol. The minimum absolute atomic E-state index is 0. The predicted octanol–water partition coefficient (Wildman–Crippen LogP) is 3.86. The zero-order chi connectivity index (χ0) is 15.2. The number of thiazole rings is 1. The summed E-state index contributed by atoms with van der Waals surface area (Å²) >= 11 is 1.42. The molecule has 1 heterocycles. The number of aryl methyl sites for hydroxylation is 1. The number of aromatic nitrogens is 1. The van der Waals surface area contributed by atoms with Crippen molar-refractivity contribution in [2.24, 2.45) is 5.73 Å². The third kappa shape index (κ3) is 4.80. The molecule has 1 atom stereocenters. The molecule has 2 aromatic rings. The van der Waals surface area contributed by atoms with Crippen molar-refractivity contribution in [2.75, 3.05) is 5.32 Å². The lowest BCUT2D eigenvalue weighted by Gasteiger charge is -2.08. The van der Waals surface area contributed by atoms with Crippen LogP contribution in [0.5, 0.6) is 0 Å². The molecular weight excluding hydrogens is 318 g/mol. The highest BCUT2D eigenvalue weighted by Crippen LogP contribution is 2.25. The quantitative estimate of drug-likeness (QED) is 0.839. The molecule has 0 saturated carbocycles. The fourth-order valence-electron chi connectivity index (χ4n) is 2.02. The maximum atomic E-state index is 11.9. The molecule has 22 heavy (non-hydrogen) atoms. The van der Waals surface area contributed by atoms with Gasteiger partial charge >= 0.3 is 0 Å². The fourth-order valence-corrected chi connectivity index (χ4v) is 2.74. The van der Waals surface area contributed by atoms with E-state index in [9.17, 15) is 4.79 Å². The summed E-state index contributed by atoms with van der Waals surface area (Å²) in [5, 5.41) is 5.33. The van der Waals surface area contributed by atoms with E-state index in [-0.39, 0.29) is 18.3 Å². The van der Waals surface area contributed by atoms with Crippen molar-refractivity contribution in [3.63, 3.8) is 0 Å². The van der Waals surface area contributed by atoms with Crippen LogP contribution in [0.4, 0.5) is 5.13 Å². The number of anilines is 1. The molecular formula is C16H22ClN3OS. The van der Waals surface area contributed by atoms with Gasteiger partial charge in [0, 0.05) is 10.9 Å². The summed E-state index contributed by atoms with van der Waals surface area (Å²) in [5.41, 5.74) is 9.02. The second kappa shape index (κ2) is 8.88. The van der Waals surface area contributed by atoms with Gasteiger partial charge in [-0.25, -0.2) is 4.98 Å². The standard InChI is InChI=1S/C16H21N3OS.ClH/c1-3-5-13(17)15(20)19-16-18-14(10-21-16)12-8-6-11(4-2)7-9-12;/h6-10,13H,3-5,17H2,1-2H3,(H,18,19,20);1H. The van der Waals surface area contributed by atoms with E-state index in [1.807, 2.05) is 12.3 Å². The zero-order valence-electron chi connectivity index (χ0n) is 12.8. The van der Waals surface area contributed by atoms with Crippen molar-refractivity contribution in [2.45, 2.75) is 39.2 Å². The Kier molecular flexibility index (Phi) is 7.51. The zero-order valence-corrected chi connectivity index (χ0v) is 14.5. The van der Waals surface area contributed by atoms with Gasteiger partial charge in [-0.1, -0.05) is 44.5 Å².